The summed E-state index contributed by atoms with van der Waals surface area (Å²) in [5, 5.41) is 0.398. The number of amides is 1. The first-order chi connectivity index (χ1) is 15.7. The molecule has 0 N–H and O–H groups in total. The molecule has 1 saturated heterocycles. The largest absolute Gasteiger partial charge is 0.495 e. The topological polar surface area (TPSA) is 69.5 Å². The molecule has 0 unspecified atom stereocenters. The lowest BCUT2D eigenvalue weighted by molar-refractivity contribution is -0.149. The number of hydrogen-bond donors (Lipinski definition) is 0. The maximum absolute atomic E-state index is 13.4. The second kappa shape index (κ2) is 8.90. The number of aromatic nitrogens is 3. The van der Waals surface area contributed by atoms with Crippen LogP contribution < -0.4 is 4.74 Å². The maximum atomic E-state index is 13.4. The standard InChI is InChI=1S/C25H27ClN4O3/c1-16-13-29(15-28-16)20-7-6-18(10-21(20)32-5)11-22-24(31)30(14-25(3,4)33-22)17(2)19-8-9-27-23(26)12-19/h6-13,15,17H,14H2,1-5H3/b22-11-/t17-/m0/s1. The zero-order valence-electron chi connectivity index (χ0n) is 19.4. The Morgan fingerprint density at radius 1 is 1.24 bits per heavy atom. The van der Waals surface area contributed by atoms with E-state index in [1.54, 1.807) is 36.7 Å². The second-order valence-corrected chi connectivity index (χ2v) is 9.13. The molecular formula is C25H27ClN4O3. The highest BCUT2D eigenvalue weighted by molar-refractivity contribution is 6.29. The van der Waals surface area contributed by atoms with Crippen molar-refractivity contribution in [3.63, 3.8) is 0 Å². The minimum atomic E-state index is -0.552. The van der Waals surface area contributed by atoms with Crippen molar-refractivity contribution in [2.24, 2.45) is 0 Å². The quantitative estimate of drug-likeness (QED) is 0.392. The van der Waals surface area contributed by atoms with Crippen LogP contribution in [0.15, 0.2) is 54.8 Å². The molecule has 0 spiro atoms. The Labute approximate surface area is 198 Å². The Morgan fingerprint density at radius 3 is 2.70 bits per heavy atom. The van der Waals surface area contributed by atoms with Gasteiger partial charge in [-0.15, -0.1) is 0 Å². The van der Waals surface area contributed by atoms with Crippen molar-refractivity contribution in [3.05, 3.63) is 76.8 Å². The van der Waals surface area contributed by atoms with Crippen molar-refractivity contribution in [3.8, 4) is 11.4 Å². The van der Waals surface area contributed by atoms with E-state index in [4.69, 9.17) is 21.1 Å². The van der Waals surface area contributed by atoms with Crippen molar-refractivity contribution in [1.82, 2.24) is 19.4 Å². The van der Waals surface area contributed by atoms with Crippen molar-refractivity contribution < 1.29 is 14.3 Å². The molecule has 1 aliphatic rings. The van der Waals surface area contributed by atoms with Gasteiger partial charge in [-0.05, 0) is 69.2 Å². The molecule has 0 bridgehead atoms. The Balaban J connectivity index is 1.67. The smallest absolute Gasteiger partial charge is 0.289 e. The fourth-order valence-electron chi connectivity index (χ4n) is 3.96. The summed E-state index contributed by atoms with van der Waals surface area (Å²) < 4.78 is 13.6. The highest BCUT2D eigenvalue weighted by Crippen LogP contribution is 2.33. The van der Waals surface area contributed by atoms with Crippen LogP contribution in [0.25, 0.3) is 11.8 Å². The summed E-state index contributed by atoms with van der Waals surface area (Å²) in [5.74, 6) is 0.774. The number of carbonyl (C=O) groups excluding carboxylic acids is 1. The number of aryl methyl sites for hydroxylation is 1. The van der Waals surface area contributed by atoms with Gasteiger partial charge in [0.05, 0.1) is 37.4 Å². The van der Waals surface area contributed by atoms with Gasteiger partial charge in [-0.1, -0.05) is 17.7 Å². The van der Waals surface area contributed by atoms with Crippen LogP contribution >= 0.6 is 11.6 Å². The molecule has 1 aliphatic heterocycles. The molecule has 0 aliphatic carbocycles. The third-order valence-corrected chi connectivity index (χ3v) is 5.81. The molecule has 1 aromatic carbocycles. The summed E-state index contributed by atoms with van der Waals surface area (Å²) >= 11 is 6.08. The maximum Gasteiger partial charge on any atom is 0.289 e. The van der Waals surface area contributed by atoms with Crippen molar-refractivity contribution >= 4 is 23.6 Å². The summed E-state index contributed by atoms with van der Waals surface area (Å²) in [4.78, 5) is 23.5. The van der Waals surface area contributed by atoms with E-state index in [9.17, 15) is 4.79 Å². The average Bonchev–Trinajstić information content (AvgIpc) is 3.21. The van der Waals surface area contributed by atoms with E-state index in [0.29, 0.717) is 17.4 Å². The van der Waals surface area contributed by atoms with Gasteiger partial charge in [0.2, 0.25) is 0 Å². The van der Waals surface area contributed by atoms with E-state index in [1.165, 1.54) is 0 Å². The molecule has 172 valence electrons. The number of imidazole rings is 1. The van der Waals surface area contributed by atoms with Gasteiger partial charge in [-0.3, -0.25) is 4.79 Å². The first-order valence-corrected chi connectivity index (χ1v) is 11.1. The molecule has 1 atom stereocenters. The molecule has 0 saturated carbocycles. The minimum Gasteiger partial charge on any atom is -0.495 e. The summed E-state index contributed by atoms with van der Waals surface area (Å²) in [6.45, 7) is 8.30. The van der Waals surface area contributed by atoms with E-state index in [1.807, 2.05) is 62.7 Å². The van der Waals surface area contributed by atoms with Gasteiger partial charge in [-0.2, -0.15) is 0 Å². The average molecular weight is 467 g/mol. The number of rotatable bonds is 5. The molecule has 3 aromatic rings. The van der Waals surface area contributed by atoms with E-state index in [2.05, 4.69) is 9.97 Å². The molecular weight excluding hydrogens is 440 g/mol. The van der Waals surface area contributed by atoms with Crippen LogP contribution in [0.4, 0.5) is 0 Å². The molecule has 8 heteroatoms. The summed E-state index contributed by atoms with van der Waals surface area (Å²) in [5.41, 5.74) is 2.94. The number of carbonyl (C=O) groups is 1. The Bertz CT molecular complexity index is 1220. The summed E-state index contributed by atoms with van der Waals surface area (Å²) in [7, 11) is 1.62. The van der Waals surface area contributed by atoms with Crippen molar-refractivity contribution in [2.45, 2.75) is 39.3 Å². The number of ether oxygens (including phenoxy) is 2. The first-order valence-electron chi connectivity index (χ1n) is 10.7. The number of methoxy groups -OCH3 is 1. The third kappa shape index (κ3) is 4.88. The Morgan fingerprint density at radius 2 is 2.03 bits per heavy atom. The molecule has 33 heavy (non-hydrogen) atoms. The Hall–Kier alpha value is -3.32. The monoisotopic (exact) mass is 466 g/mol. The van der Waals surface area contributed by atoms with Crippen LogP contribution in [0.3, 0.4) is 0 Å². The highest BCUT2D eigenvalue weighted by Gasteiger charge is 2.39. The fourth-order valence-corrected chi connectivity index (χ4v) is 4.14. The van der Waals surface area contributed by atoms with Crippen LogP contribution in [-0.2, 0) is 9.53 Å². The van der Waals surface area contributed by atoms with Gasteiger partial charge in [-0.25, -0.2) is 9.97 Å². The number of nitrogens with zero attached hydrogens (tertiary/aromatic N) is 4. The number of halogens is 1. The van der Waals surface area contributed by atoms with Crippen LogP contribution in [0.2, 0.25) is 5.15 Å². The SMILES string of the molecule is COc1cc(/C=C2\OC(C)(C)CN([C@@H](C)c3ccnc(Cl)c3)C2=O)ccc1-n1cnc(C)c1. The van der Waals surface area contributed by atoms with Crippen molar-refractivity contribution in [1.29, 1.82) is 0 Å². The number of hydrogen-bond acceptors (Lipinski definition) is 5. The lowest BCUT2D eigenvalue weighted by atomic mass is 10.0. The van der Waals surface area contributed by atoms with Gasteiger partial charge in [0.1, 0.15) is 16.5 Å². The van der Waals surface area contributed by atoms with Gasteiger partial charge in [0, 0.05) is 12.4 Å². The molecule has 1 amide bonds. The predicted octanol–water partition coefficient (Wildman–Crippen LogP) is 4.98. The minimum absolute atomic E-state index is 0.178. The van der Waals surface area contributed by atoms with E-state index in [-0.39, 0.29) is 17.7 Å². The van der Waals surface area contributed by atoms with Crippen LogP contribution in [0, 0.1) is 6.92 Å². The lowest BCUT2D eigenvalue weighted by Crippen LogP contribution is -2.51. The van der Waals surface area contributed by atoms with Gasteiger partial charge in [0.15, 0.2) is 5.76 Å². The molecule has 4 rings (SSSR count). The van der Waals surface area contributed by atoms with Gasteiger partial charge >= 0.3 is 0 Å². The molecule has 1 fully saturated rings. The summed E-state index contributed by atoms with van der Waals surface area (Å²) in [6, 6.07) is 9.21. The van der Waals surface area contributed by atoms with E-state index < -0.39 is 5.60 Å². The van der Waals surface area contributed by atoms with E-state index >= 15 is 0 Å². The third-order valence-electron chi connectivity index (χ3n) is 5.60. The zero-order chi connectivity index (χ0) is 23.8. The van der Waals surface area contributed by atoms with Crippen LogP contribution in [0.1, 0.15) is 43.6 Å². The first kappa shape index (κ1) is 22.9. The zero-order valence-corrected chi connectivity index (χ0v) is 20.1. The van der Waals surface area contributed by atoms with Crippen LogP contribution in [0.5, 0.6) is 5.75 Å². The fraction of sp³-hybridized carbons (Fsp3) is 0.320. The van der Waals surface area contributed by atoms with Crippen molar-refractivity contribution in [2.75, 3.05) is 13.7 Å². The normalized spacial score (nSPS) is 17.7. The van der Waals surface area contributed by atoms with Crippen LogP contribution in [-0.4, -0.2) is 44.6 Å². The summed E-state index contributed by atoms with van der Waals surface area (Å²) in [6.07, 6.45) is 7.08. The number of morpholine rings is 1. The predicted molar refractivity (Wildman–Crippen MR) is 127 cm³/mol. The van der Waals surface area contributed by atoms with E-state index in [0.717, 1.165) is 22.5 Å². The van der Waals surface area contributed by atoms with Gasteiger partial charge < -0.3 is 18.9 Å². The molecule has 3 heterocycles. The Kier molecular flexibility index (Phi) is 6.17. The number of pyridine rings is 1. The molecule has 2 aromatic heterocycles. The lowest BCUT2D eigenvalue weighted by Gasteiger charge is -2.42. The second-order valence-electron chi connectivity index (χ2n) is 8.74. The highest BCUT2D eigenvalue weighted by atomic mass is 35.5. The molecule has 0 radical (unpaired) electrons. The van der Waals surface area contributed by atoms with Gasteiger partial charge in [0.25, 0.3) is 5.91 Å². The number of benzene rings is 1. The molecule has 7 nitrogen and oxygen atoms in total.